The predicted molar refractivity (Wildman–Crippen MR) is 96.7 cm³/mol. The van der Waals surface area contributed by atoms with Gasteiger partial charge in [-0.25, -0.2) is 0 Å². The van der Waals surface area contributed by atoms with E-state index in [0.29, 0.717) is 0 Å². The molecular weight excluding hydrogens is 306 g/mol. The van der Waals surface area contributed by atoms with Crippen molar-refractivity contribution in [3.8, 4) is 22.3 Å². The number of hydrogen-bond donors (Lipinski definition) is 1. The first-order valence-corrected chi connectivity index (χ1v) is 7.86. The lowest BCUT2D eigenvalue weighted by molar-refractivity contribution is -0.384. The van der Waals surface area contributed by atoms with Gasteiger partial charge in [-0.15, -0.1) is 0 Å². The van der Waals surface area contributed by atoms with Crippen molar-refractivity contribution in [3.05, 3.63) is 88.5 Å². The zero-order valence-electron chi connectivity index (χ0n) is 12.3. The van der Waals surface area contributed by atoms with E-state index in [9.17, 15) is 10.1 Å². The topological polar surface area (TPSA) is 43.1 Å². The van der Waals surface area contributed by atoms with Crippen LogP contribution in [0.3, 0.4) is 0 Å². The Labute approximate surface area is 140 Å². The minimum Gasteiger partial charge on any atom is -0.258 e. The molecule has 0 bridgehead atoms. The van der Waals surface area contributed by atoms with Crippen LogP contribution >= 0.6 is 12.6 Å². The van der Waals surface area contributed by atoms with Crippen LogP contribution in [-0.2, 0) is 5.75 Å². The van der Waals surface area contributed by atoms with Crippen molar-refractivity contribution in [2.24, 2.45) is 0 Å². The summed E-state index contributed by atoms with van der Waals surface area (Å²) in [7, 11) is 0. The Hall–Kier alpha value is -2.59. The number of nitro benzene ring substituents is 1. The van der Waals surface area contributed by atoms with Gasteiger partial charge in [-0.1, -0.05) is 48.5 Å². The second kappa shape index (κ2) is 6.67. The van der Waals surface area contributed by atoms with Gasteiger partial charge < -0.3 is 0 Å². The van der Waals surface area contributed by atoms with Crippen molar-refractivity contribution in [2.75, 3.05) is 0 Å². The quantitative estimate of drug-likeness (QED) is 0.399. The third-order valence-corrected chi connectivity index (χ3v) is 4.13. The highest BCUT2D eigenvalue weighted by Gasteiger charge is 2.05. The Morgan fingerprint density at radius 1 is 0.696 bits per heavy atom. The van der Waals surface area contributed by atoms with E-state index in [2.05, 4.69) is 49.0 Å². The summed E-state index contributed by atoms with van der Waals surface area (Å²) in [5.41, 5.74) is 5.60. The lowest BCUT2D eigenvalue weighted by Crippen LogP contribution is -1.87. The van der Waals surface area contributed by atoms with E-state index in [0.717, 1.165) is 28.0 Å². The molecule has 0 radical (unpaired) electrons. The van der Waals surface area contributed by atoms with Crippen LogP contribution < -0.4 is 0 Å². The summed E-state index contributed by atoms with van der Waals surface area (Å²) in [6.07, 6.45) is 0. The maximum absolute atomic E-state index is 10.7. The molecule has 23 heavy (non-hydrogen) atoms. The number of nitrogens with zero attached hydrogens (tertiary/aromatic N) is 1. The molecule has 0 saturated heterocycles. The van der Waals surface area contributed by atoms with E-state index in [-0.39, 0.29) is 10.6 Å². The fourth-order valence-corrected chi connectivity index (χ4v) is 2.64. The van der Waals surface area contributed by atoms with Crippen molar-refractivity contribution in [3.63, 3.8) is 0 Å². The van der Waals surface area contributed by atoms with Crippen molar-refractivity contribution in [1.82, 2.24) is 0 Å². The van der Waals surface area contributed by atoms with E-state index < -0.39 is 0 Å². The number of hydrogen-bond acceptors (Lipinski definition) is 3. The minimum absolute atomic E-state index is 0.106. The largest absolute Gasteiger partial charge is 0.269 e. The molecule has 0 fully saturated rings. The monoisotopic (exact) mass is 321 g/mol. The Bertz CT molecular complexity index is 809. The third-order valence-electron chi connectivity index (χ3n) is 3.77. The molecule has 3 nitrogen and oxygen atoms in total. The SMILES string of the molecule is O=[N+]([O-])c1ccc(-c2ccc(-c3ccc(CS)cc3)cc2)cc1. The van der Waals surface area contributed by atoms with Gasteiger partial charge in [-0.2, -0.15) is 12.6 Å². The lowest BCUT2D eigenvalue weighted by atomic mass is 9.99. The van der Waals surface area contributed by atoms with Crippen LogP contribution in [-0.4, -0.2) is 4.92 Å². The predicted octanol–water partition coefficient (Wildman–Crippen LogP) is 5.36. The molecule has 0 aromatic heterocycles. The molecule has 0 unspecified atom stereocenters. The van der Waals surface area contributed by atoms with Crippen LogP contribution in [0.25, 0.3) is 22.3 Å². The normalized spacial score (nSPS) is 10.5. The Balaban J connectivity index is 1.84. The first-order valence-electron chi connectivity index (χ1n) is 7.22. The molecule has 3 rings (SSSR count). The van der Waals surface area contributed by atoms with Crippen LogP contribution in [0.2, 0.25) is 0 Å². The van der Waals surface area contributed by atoms with Gasteiger partial charge in [0.25, 0.3) is 5.69 Å². The first kappa shape index (κ1) is 15.3. The van der Waals surface area contributed by atoms with Gasteiger partial charge in [0, 0.05) is 17.9 Å². The minimum atomic E-state index is -0.388. The van der Waals surface area contributed by atoms with Crippen LogP contribution in [0.5, 0.6) is 0 Å². The summed E-state index contributed by atoms with van der Waals surface area (Å²) in [6, 6.07) is 23.1. The molecule has 0 aliphatic rings. The van der Waals surface area contributed by atoms with Crippen molar-refractivity contribution < 1.29 is 4.92 Å². The summed E-state index contributed by atoms with van der Waals surface area (Å²) in [5, 5.41) is 10.7. The van der Waals surface area contributed by atoms with Gasteiger partial charge in [0.05, 0.1) is 4.92 Å². The molecule has 0 heterocycles. The smallest absolute Gasteiger partial charge is 0.258 e. The number of benzene rings is 3. The molecule has 114 valence electrons. The van der Waals surface area contributed by atoms with E-state index in [4.69, 9.17) is 0 Å². The average Bonchev–Trinajstić information content (AvgIpc) is 2.62. The molecule has 3 aromatic carbocycles. The lowest BCUT2D eigenvalue weighted by Gasteiger charge is -2.06. The Kier molecular flexibility index (Phi) is 4.44. The molecule has 0 atom stereocenters. The molecule has 0 amide bonds. The van der Waals surface area contributed by atoms with Gasteiger partial charge in [0.2, 0.25) is 0 Å². The van der Waals surface area contributed by atoms with E-state index in [1.807, 2.05) is 12.1 Å². The van der Waals surface area contributed by atoms with Crippen molar-refractivity contribution >= 4 is 18.3 Å². The molecule has 0 saturated carbocycles. The summed E-state index contributed by atoms with van der Waals surface area (Å²) < 4.78 is 0. The molecular formula is C19H15NO2S. The highest BCUT2D eigenvalue weighted by Crippen LogP contribution is 2.26. The fourth-order valence-electron chi connectivity index (χ4n) is 2.43. The highest BCUT2D eigenvalue weighted by atomic mass is 32.1. The van der Waals surface area contributed by atoms with Crippen LogP contribution in [0.1, 0.15) is 5.56 Å². The number of rotatable bonds is 4. The first-order chi connectivity index (χ1) is 11.2. The zero-order chi connectivity index (χ0) is 16.2. The standard InChI is InChI=1S/C19H15NO2S/c21-20(22)19-11-9-18(10-12-19)17-7-5-16(6-8-17)15-3-1-14(13-23)2-4-15/h1-12,23H,13H2. The van der Waals surface area contributed by atoms with Gasteiger partial charge in [0.1, 0.15) is 0 Å². The Morgan fingerprint density at radius 2 is 1.04 bits per heavy atom. The number of nitro groups is 1. The molecule has 0 aliphatic carbocycles. The second-order valence-electron chi connectivity index (χ2n) is 5.24. The maximum Gasteiger partial charge on any atom is 0.269 e. The second-order valence-corrected chi connectivity index (χ2v) is 5.55. The van der Waals surface area contributed by atoms with Crippen LogP contribution in [0, 0.1) is 10.1 Å². The number of thiol groups is 1. The highest BCUT2D eigenvalue weighted by molar-refractivity contribution is 7.79. The van der Waals surface area contributed by atoms with Crippen molar-refractivity contribution in [1.29, 1.82) is 0 Å². The fraction of sp³-hybridized carbons (Fsp3) is 0.0526. The van der Waals surface area contributed by atoms with E-state index >= 15 is 0 Å². The number of non-ortho nitro benzene ring substituents is 1. The van der Waals surface area contributed by atoms with Crippen LogP contribution in [0.15, 0.2) is 72.8 Å². The van der Waals surface area contributed by atoms with Gasteiger partial charge in [0.15, 0.2) is 0 Å². The van der Waals surface area contributed by atoms with Gasteiger partial charge in [-0.05, 0) is 39.9 Å². The molecule has 4 heteroatoms. The molecule has 3 aromatic rings. The van der Waals surface area contributed by atoms with Crippen molar-refractivity contribution in [2.45, 2.75) is 5.75 Å². The summed E-state index contributed by atoms with van der Waals surface area (Å²) >= 11 is 4.26. The van der Waals surface area contributed by atoms with Gasteiger partial charge >= 0.3 is 0 Å². The van der Waals surface area contributed by atoms with E-state index in [1.165, 1.54) is 17.7 Å². The summed E-state index contributed by atoms with van der Waals surface area (Å²) in [6.45, 7) is 0. The summed E-state index contributed by atoms with van der Waals surface area (Å²) in [5.74, 6) is 0.735. The molecule has 0 spiro atoms. The maximum atomic E-state index is 10.7. The Morgan fingerprint density at radius 3 is 1.39 bits per heavy atom. The molecule has 0 aliphatic heterocycles. The summed E-state index contributed by atoms with van der Waals surface area (Å²) in [4.78, 5) is 10.3. The van der Waals surface area contributed by atoms with Gasteiger partial charge in [-0.3, -0.25) is 10.1 Å². The van der Waals surface area contributed by atoms with Crippen LogP contribution in [0.4, 0.5) is 5.69 Å². The third kappa shape index (κ3) is 3.43. The average molecular weight is 321 g/mol. The van der Waals surface area contributed by atoms with E-state index in [1.54, 1.807) is 12.1 Å². The zero-order valence-corrected chi connectivity index (χ0v) is 13.2. The molecule has 0 N–H and O–H groups in total.